The highest BCUT2D eigenvalue weighted by atomic mass is 79.9. The Balaban J connectivity index is 1.80. The first-order chi connectivity index (χ1) is 10.5. The van der Waals surface area contributed by atoms with E-state index in [9.17, 15) is 14.7 Å². The van der Waals surface area contributed by atoms with Crippen LogP contribution in [-0.2, 0) is 4.79 Å². The minimum Gasteiger partial charge on any atom is -0.391 e. The molecule has 0 saturated carbocycles. The molecule has 2 amide bonds. The van der Waals surface area contributed by atoms with Crippen LogP contribution in [0.5, 0.6) is 0 Å². The molecule has 7 heteroatoms. The number of rotatable bonds is 5. The molecular formula is C15H20BrN3O3. The molecule has 0 bridgehead atoms. The molecule has 0 radical (unpaired) electrons. The molecule has 2 rings (SSSR count). The molecule has 1 aromatic carbocycles. The van der Waals surface area contributed by atoms with E-state index in [2.05, 4.69) is 31.9 Å². The van der Waals surface area contributed by atoms with Gasteiger partial charge in [0.15, 0.2) is 0 Å². The van der Waals surface area contributed by atoms with E-state index >= 15 is 0 Å². The van der Waals surface area contributed by atoms with Crippen LogP contribution in [-0.4, -0.2) is 48.7 Å². The molecule has 1 fully saturated rings. The first-order valence-electron chi connectivity index (χ1n) is 7.20. The van der Waals surface area contributed by atoms with Gasteiger partial charge in [0.1, 0.15) is 6.04 Å². The number of hydrogen-bond donors (Lipinski definition) is 4. The van der Waals surface area contributed by atoms with Crippen LogP contribution in [0.3, 0.4) is 0 Å². The topological polar surface area (TPSA) is 90.5 Å². The number of aliphatic hydroxyl groups excluding tert-OH is 1. The van der Waals surface area contributed by atoms with E-state index < -0.39 is 12.1 Å². The number of halogens is 1. The van der Waals surface area contributed by atoms with E-state index in [1.54, 1.807) is 31.2 Å². The third-order valence-electron chi connectivity index (χ3n) is 3.69. The predicted molar refractivity (Wildman–Crippen MR) is 86.4 cm³/mol. The largest absolute Gasteiger partial charge is 0.391 e. The van der Waals surface area contributed by atoms with Crippen LogP contribution in [0.1, 0.15) is 17.3 Å². The SMILES string of the molecule is CC(NC(=O)c1ccc(Br)cc1)C(=O)NCC1CNCC1O. The van der Waals surface area contributed by atoms with Gasteiger partial charge in [-0.15, -0.1) is 0 Å². The van der Waals surface area contributed by atoms with Gasteiger partial charge in [0.2, 0.25) is 5.91 Å². The third-order valence-corrected chi connectivity index (χ3v) is 4.22. The van der Waals surface area contributed by atoms with Crippen LogP contribution in [0.15, 0.2) is 28.7 Å². The van der Waals surface area contributed by atoms with Crippen LogP contribution in [0.4, 0.5) is 0 Å². The quantitative estimate of drug-likeness (QED) is 0.599. The molecule has 3 atom stereocenters. The molecule has 4 N–H and O–H groups in total. The maximum atomic E-state index is 12.0. The maximum absolute atomic E-state index is 12.0. The molecule has 1 saturated heterocycles. The normalized spacial score (nSPS) is 22.1. The summed E-state index contributed by atoms with van der Waals surface area (Å²) in [7, 11) is 0. The van der Waals surface area contributed by atoms with E-state index in [1.807, 2.05) is 0 Å². The van der Waals surface area contributed by atoms with E-state index in [0.29, 0.717) is 25.2 Å². The maximum Gasteiger partial charge on any atom is 0.251 e. The number of hydrogen-bond acceptors (Lipinski definition) is 4. The molecule has 3 unspecified atom stereocenters. The molecular weight excluding hydrogens is 350 g/mol. The van der Waals surface area contributed by atoms with Crippen molar-refractivity contribution >= 4 is 27.7 Å². The zero-order valence-corrected chi connectivity index (χ0v) is 13.9. The van der Waals surface area contributed by atoms with Crippen molar-refractivity contribution in [2.24, 2.45) is 5.92 Å². The molecule has 1 aliphatic rings. The second kappa shape index (κ2) is 7.71. The third kappa shape index (κ3) is 4.53. The van der Waals surface area contributed by atoms with Gasteiger partial charge in [-0.05, 0) is 31.2 Å². The fourth-order valence-corrected chi connectivity index (χ4v) is 2.52. The summed E-state index contributed by atoms with van der Waals surface area (Å²) in [6, 6.07) is 6.28. The molecule has 120 valence electrons. The van der Waals surface area contributed by atoms with E-state index in [4.69, 9.17) is 0 Å². The van der Waals surface area contributed by atoms with Gasteiger partial charge >= 0.3 is 0 Å². The Bertz CT molecular complexity index is 535. The summed E-state index contributed by atoms with van der Waals surface area (Å²) in [5, 5.41) is 18.1. The smallest absolute Gasteiger partial charge is 0.251 e. The summed E-state index contributed by atoms with van der Waals surface area (Å²) in [5.74, 6) is -0.541. The standard InChI is InChI=1S/C15H20BrN3O3/c1-9(14(21)18-7-11-6-17-8-13(11)20)19-15(22)10-2-4-12(16)5-3-10/h2-5,9,11,13,17,20H,6-8H2,1H3,(H,18,21)(H,19,22). The van der Waals surface area contributed by atoms with Gasteiger partial charge in [0.05, 0.1) is 6.10 Å². The summed E-state index contributed by atoms with van der Waals surface area (Å²) in [5.41, 5.74) is 0.498. The van der Waals surface area contributed by atoms with Crippen molar-refractivity contribution in [2.45, 2.75) is 19.1 Å². The van der Waals surface area contributed by atoms with Gasteiger partial charge < -0.3 is 21.1 Å². The summed E-state index contributed by atoms with van der Waals surface area (Å²) in [6.45, 7) is 3.26. The molecule has 6 nitrogen and oxygen atoms in total. The van der Waals surface area contributed by atoms with Crippen LogP contribution >= 0.6 is 15.9 Å². The van der Waals surface area contributed by atoms with Gasteiger partial charge in [0.25, 0.3) is 5.91 Å². The number of carbonyl (C=O) groups excluding carboxylic acids is 2. The van der Waals surface area contributed by atoms with Gasteiger partial charge in [-0.2, -0.15) is 0 Å². The number of nitrogens with one attached hydrogen (secondary N) is 3. The minimum absolute atomic E-state index is 0.0123. The van der Waals surface area contributed by atoms with Crippen molar-refractivity contribution in [2.75, 3.05) is 19.6 Å². The highest BCUT2D eigenvalue weighted by molar-refractivity contribution is 9.10. The van der Waals surface area contributed by atoms with Crippen molar-refractivity contribution in [1.29, 1.82) is 0 Å². The summed E-state index contributed by atoms with van der Waals surface area (Å²) < 4.78 is 0.888. The number of amides is 2. The Morgan fingerprint density at radius 2 is 2.05 bits per heavy atom. The second-order valence-electron chi connectivity index (χ2n) is 5.43. The van der Waals surface area contributed by atoms with Crippen molar-refractivity contribution in [3.05, 3.63) is 34.3 Å². The van der Waals surface area contributed by atoms with Gasteiger partial charge in [-0.1, -0.05) is 15.9 Å². The average Bonchev–Trinajstić information content (AvgIpc) is 2.90. The lowest BCUT2D eigenvalue weighted by molar-refractivity contribution is -0.122. The average molecular weight is 370 g/mol. The predicted octanol–water partition coefficient (Wildman–Crippen LogP) is 0.264. The van der Waals surface area contributed by atoms with Crippen molar-refractivity contribution in [1.82, 2.24) is 16.0 Å². The number of β-amino-alcohol motifs (C(OH)–C–C–N with tert-alkyl or cyclic N) is 1. The van der Waals surface area contributed by atoms with Crippen LogP contribution in [0, 0.1) is 5.92 Å². The zero-order chi connectivity index (χ0) is 16.1. The molecule has 1 heterocycles. The molecule has 1 aromatic rings. The Labute approximate surface area is 137 Å². The van der Waals surface area contributed by atoms with Crippen LogP contribution < -0.4 is 16.0 Å². The molecule has 1 aliphatic heterocycles. The highest BCUT2D eigenvalue weighted by Crippen LogP contribution is 2.10. The number of carbonyl (C=O) groups is 2. The Kier molecular flexibility index (Phi) is 5.93. The second-order valence-corrected chi connectivity index (χ2v) is 6.35. The minimum atomic E-state index is -0.636. The van der Waals surface area contributed by atoms with Gasteiger partial charge in [-0.3, -0.25) is 9.59 Å². The fourth-order valence-electron chi connectivity index (χ4n) is 2.26. The Morgan fingerprint density at radius 3 is 2.64 bits per heavy atom. The summed E-state index contributed by atoms with van der Waals surface area (Å²) in [4.78, 5) is 24.0. The number of benzene rings is 1. The molecule has 0 spiro atoms. The first kappa shape index (κ1) is 16.9. The lowest BCUT2D eigenvalue weighted by atomic mass is 10.1. The highest BCUT2D eigenvalue weighted by Gasteiger charge is 2.26. The van der Waals surface area contributed by atoms with E-state index in [-0.39, 0.29) is 17.7 Å². The van der Waals surface area contributed by atoms with E-state index in [1.165, 1.54) is 0 Å². The first-order valence-corrected chi connectivity index (χ1v) is 7.99. The van der Waals surface area contributed by atoms with Crippen LogP contribution in [0.2, 0.25) is 0 Å². The van der Waals surface area contributed by atoms with Gasteiger partial charge in [-0.25, -0.2) is 0 Å². The molecule has 0 aromatic heterocycles. The Hall–Kier alpha value is -1.44. The van der Waals surface area contributed by atoms with E-state index in [0.717, 1.165) is 4.47 Å². The summed E-state index contributed by atoms with van der Waals surface area (Å²) in [6.07, 6.45) is -0.437. The fraction of sp³-hybridized carbons (Fsp3) is 0.467. The van der Waals surface area contributed by atoms with Gasteiger partial charge in [0, 0.05) is 35.6 Å². The zero-order valence-electron chi connectivity index (χ0n) is 12.3. The monoisotopic (exact) mass is 369 g/mol. The van der Waals surface area contributed by atoms with Crippen LogP contribution in [0.25, 0.3) is 0 Å². The van der Waals surface area contributed by atoms with Crippen molar-refractivity contribution in [3.63, 3.8) is 0 Å². The summed E-state index contributed by atoms with van der Waals surface area (Å²) >= 11 is 3.30. The lowest BCUT2D eigenvalue weighted by Crippen LogP contribution is -2.46. The van der Waals surface area contributed by atoms with Crippen molar-refractivity contribution in [3.8, 4) is 0 Å². The Morgan fingerprint density at radius 1 is 1.36 bits per heavy atom. The van der Waals surface area contributed by atoms with Crippen molar-refractivity contribution < 1.29 is 14.7 Å². The number of aliphatic hydroxyl groups is 1. The molecule has 22 heavy (non-hydrogen) atoms. The lowest BCUT2D eigenvalue weighted by Gasteiger charge is -2.17. The molecule has 0 aliphatic carbocycles.